The van der Waals surface area contributed by atoms with Gasteiger partial charge in [0.25, 0.3) is 0 Å². The number of nitrogens with two attached hydrogens (primary N) is 2. The average molecular weight is 184 g/mol. The fourth-order valence-electron chi connectivity index (χ4n) is 0.559. The molecule has 12 heavy (non-hydrogen) atoms. The van der Waals surface area contributed by atoms with E-state index in [2.05, 4.69) is 9.97 Å². The molecule has 0 atom stereocenters. The van der Waals surface area contributed by atoms with Gasteiger partial charge in [-0.2, -0.15) is 0 Å². The topological polar surface area (TPSA) is 94.9 Å². The van der Waals surface area contributed by atoms with Gasteiger partial charge in [-0.25, -0.2) is 9.97 Å². The first-order chi connectivity index (χ1) is 5.68. The van der Waals surface area contributed by atoms with Crippen molar-refractivity contribution in [3.05, 3.63) is 12.3 Å². The molecule has 0 aliphatic rings. The van der Waals surface area contributed by atoms with Gasteiger partial charge in [0.15, 0.2) is 5.16 Å². The van der Waals surface area contributed by atoms with Crippen LogP contribution in [-0.2, 0) is 4.79 Å². The molecule has 0 radical (unpaired) electrons. The largest absolute Gasteiger partial charge is 0.384 e. The number of hydrogen-bond acceptors (Lipinski definition) is 5. The molecule has 0 aromatic carbocycles. The molecule has 0 aliphatic heterocycles. The smallest absolute Gasteiger partial charge is 0.227 e. The molecule has 0 fully saturated rings. The third-order valence-corrected chi connectivity index (χ3v) is 1.88. The van der Waals surface area contributed by atoms with Crippen LogP contribution in [0.2, 0.25) is 0 Å². The highest BCUT2D eigenvalue weighted by atomic mass is 32.2. The fraction of sp³-hybridized carbons (Fsp3) is 0.167. The maximum absolute atomic E-state index is 10.4. The van der Waals surface area contributed by atoms with Crippen LogP contribution >= 0.6 is 11.8 Å². The Bertz CT molecular complexity index is 291. The lowest BCUT2D eigenvalue weighted by Gasteiger charge is -1.96. The normalized spacial score (nSPS) is 9.67. The number of nitrogen functional groups attached to an aromatic ring is 1. The number of primary amides is 1. The lowest BCUT2D eigenvalue weighted by atomic mass is 10.6. The van der Waals surface area contributed by atoms with Crippen LogP contribution in [0.5, 0.6) is 0 Å². The Kier molecular flexibility index (Phi) is 2.87. The second-order valence-electron chi connectivity index (χ2n) is 2.02. The van der Waals surface area contributed by atoms with Crippen LogP contribution in [0.4, 0.5) is 5.82 Å². The first-order valence-electron chi connectivity index (χ1n) is 3.18. The van der Waals surface area contributed by atoms with E-state index in [0.29, 0.717) is 11.0 Å². The van der Waals surface area contributed by atoms with Gasteiger partial charge in [0.05, 0.1) is 5.75 Å². The van der Waals surface area contributed by atoms with E-state index in [0.717, 1.165) is 0 Å². The van der Waals surface area contributed by atoms with Gasteiger partial charge < -0.3 is 11.5 Å². The molecule has 0 saturated heterocycles. The minimum Gasteiger partial charge on any atom is -0.384 e. The third kappa shape index (κ3) is 2.75. The van der Waals surface area contributed by atoms with Crippen molar-refractivity contribution in [3.8, 4) is 0 Å². The predicted molar refractivity (Wildman–Crippen MR) is 46.4 cm³/mol. The zero-order chi connectivity index (χ0) is 8.97. The lowest BCUT2D eigenvalue weighted by Crippen LogP contribution is -2.13. The highest BCUT2D eigenvalue weighted by Crippen LogP contribution is 2.11. The Hall–Kier alpha value is -1.30. The number of carbonyl (C=O) groups is 1. The Morgan fingerprint density at radius 3 is 3.00 bits per heavy atom. The van der Waals surface area contributed by atoms with Crippen molar-refractivity contribution in [1.82, 2.24) is 9.97 Å². The number of thioether (sulfide) groups is 1. The average Bonchev–Trinajstić information content (AvgIpc) is 2.01. The van der Waals surface area contributed by atoms with Crippen LogP contribution in [0, 0.1) is 0 Å². The molecular weight excluding hydrogens is 176 g/mol. The van der Waals surface area contributed by atoms with Crippen molar-refractivity contribution in [2.24, 2.45) is 5.73 Å². The second kappa shape index (κ2) is 3.91. The molecule has 1 aromatic heterocycles. The molecule has 6 heteroatoms. The first-order valence-corrected chi connectivity index (χ1v) is 4.16. The lowest BCUT2D eigenvalue weighted by molar-refractivity contribution is -0.115. The second-order valence-corrected chi connectivity index (χ2v) is 2.96. The summed E-state index contributed by atoms with van der Waals surface area (Å²) in [5.41, 5.74) is 10.3. The monoisotopic (exact) mass is 184 g/mol. The summed E-state index contributed by atoms with van der Waals surface area (Å²) in [6.45, 7) is 0. The molecule has 0 unspecified atom stereocenters. The van der Waals surface area contributed by atoms with Gasteiger partial charge >= 0.3 is 0 Å². The number of amides is 1. The molecule has 4 N–H and O–H groups in total. The number of hydrogen-bond donors (Lipinski definition) is 2. The van der Waals surface area contributed by atoms with Gasteiger partial charge in [-0.15, -0.1) is 0 Å². The Morgan fingerprint density at radius 2 is 2.42 bits per heavy atom. The zero-order valence-corrected chi connectivity index (χ0v) is 7.04. The first kappa shape index (κ1) is 8.79. The van der Waals surface area contributed by atoms with Crippen molar-refractivity contribution in [3.63, 3.8) is 0 Å². The summed E-state index contributed by atoms with van der Waals surface area (Å²) in [7, 11) is 0. The summed E-state index contributed by atoms with van der Waals surface area (Å²) in [6.07, 6.45) is 1.53. The maximum atomic E-state index is 10.4. The van der Waals surface area contributed by atoms with E-state index < -0.39 is 5.91 Å². The van der Waals surface area contributed by atoms with E-state index in [1.54, 1.807) is 6.07 Å². The van der Waals surface area contributed by atoms with Crippen LogP contribution < -0.4 is 11.5 Å². The van der Waals surface area contributed by atoms with Crippen LogP contribution in [0.3, 0.4) is 0 Å². The summed E-state index contributed by atoms with van der Waals surface area (Å²) in [5.74, 6) is 0.159. The minimum atomic E-state index is -0.397. The van der Waals surface area contributed by atoms with Crippen molar-refractivity contribution in [2.75, 3.05) is 11.5 Å². The molecule has 1 rings (SSSR count). The highest BCUT2D eigenvalue weighted by Gasteiger charge is 2.00. The maximum Gasteiger partial charge on any atom is 0.227 e. The van der Waals surface area contributed by atoms with Gasteiger partial charge in [0.1, 0.15) is 5.82 Å². The van der Waals surface area contributed by atoms with E-state index in [1.807, 2.05) is 0 Å². The van der Waals surface area contributed by atoms with Crippen molar-refractivity contribution in [1.29, 1.82) is 0 Å². The van der Waals surface area contributed by atoms with Gasteiger partial charge in [0, 0.05) is 6.20 Å². The number of anilines is 1. The quantitative estimate of drug-likeness (QED) is 0.494. The van der Waals surface area contributed by atoms with Gasteiger partial charge in [0.2, 0.25) is 5.91 Å². The minimum absolute atomic E-state index is 0.170. The van der Waals surface area contributed by atoms with Crippen molar-refractivity contribution < 1.29 is 4.79 Å². The Labute approximate surface area is 73.6 Å². The number of rotatable bonds is 3. The number of nitrogens with zero attached hydrogens (tertiary/aromatic N) is 2. The molecule has 1 heterocycles. The molecule has 5 nitrogen and oxygen atoms in total. The van der Waals surface area contributed by atoms with Gasteiger partial charge in [-0.3, -0.25) is 4.79 Å². The standard InChI is InChI=1S/C6H8N4OS/c7-4-1-2-9-6(10-4)12-3-5(8)11/h1-2H,3H2,(H2,8,11)(H2,7,9,10). The molecular formula is C6H8N4OS. The number of aromatic nitrogens is 2. The van der Waals surface area contributed by atoms with Crippen molar-refractivity contribution >= 4 is 23.5 Å². The summed E-state index contributed by atoms with van der Waals surface area (Å²) in [4.78, 5) is 18.1. The van der Waals surface area contributed by atoms with Gasteiger partial charge in [-0.05, 0) is 6.07 Å². The zero-order valence-electron chi connectivity index (χ0n) is 6.23. The Balaban J connectivity index is 2.57. The summed E-state index contributed by atoms with van der Waals surface area (Å²) in [5, 5.41) is 0.466. The van der Waals surface area contributed by atoms with Crippen LogP contribution in [-0.4, -0.2) is 21.6 Å². The summed E-state index contributed by atoms with van der Waals surface area (Å²) < 4.78 is 0. The molecule has 1 amide bonds. The molecule has 64 valence electrons. The summed E-state index contributed by atoms with van der Waals surface area (Å²) in [6, 6.07) is 1.58. The molecule has 0 saturated carbocycles. The Morgan fingerprint density at radius 1 is 1.67 bits per heavy atom. The van der Waals surface area contributed by atoms with E-state index in [1.165, 1.54) is 18.0 Å². The van der Waals surface area contributed by atoms with Crippen LogP contribution in [0.25, 0.3) is 0 Å². The summed E-state index contributed by atoms with van der Waals surface area (Å²) >= 11 is 1.17. The SMILES string of the molecule is NC(=O)CSc1nccc(N)n1. The van der Waals surface area contributed by atoms with E-state index in [9.17, 15) is 4.79 Å². The van der Waals surface area contributed by atoms with E-state index >= 15 is 0 Å². The van der Waals surface area contributed by atoms with Crippen LogP contribution in [0.15, 0.2) is 17.4 Å². The predicted octanol–water partition coefficient (Wildman–Crippen LogP) is -0.364. The number of carbonyl (C=O) groups excluding carboxylic acids is 1. The third-order valence-electron chi connectivity index (χ3n) is 0.999. The van der Waals surface area contributed by atoms with Crippen LogP contribution in [0.1, 0.15) is 0 Å². The van der Waals surface area contributed by atoms with E-state index in [4.69, 9.17) is 11.5 Å². The highest BCUT2D eigenvalue weighted by molar-refractivity contribution is 7.99. The molecule has 0 bridgehead atoms. The van der Waals surface area contributed by atoms with Gasteiger partial charge in [-0.1, -0.05) is 11.8 Å². The molecule has 0 aliphatic carbocycles. The fourth-order valence-corrected chi connectivity index (χ4v) is 1.14. The molecule has 0 spiro atoms. The molecule has 1 aromatic rings. The van der Waals surface area contributed by atoms with E-state index in [-0.39, 0.29) is 5.75 Å². The van der Waals surface area contributed by atoms with Crippen molar-refractivity contribution in [2.45, 2.75) is 5.16 Å².